The Balaban J connectivity index is 1.66. The molecule has 1 aliphatic rings. The van der Waals surface area contributed by atoms with E-state index >= 15 is 0 Å². The van der Waals surface area contributed by atoms with Crippen molar-refractivity contribution in [2.75, 3.05) is 38.1 Å². The third-order valence-corrected chi connectivity index (χ3v) is 4.95. The van der Waals surface area contributed by atoms with E-state index in [2.05, 4.69) is 14.9 Å². The standard InChI is InChI=1S/C19H27N5O2/c1-23(17(25)6-2-3-9-20)13-19(26)8-12-24(14-19)16-7-11-21-15-5-4-10-22-18(15)16/h4-5,7,10-11,26H,2-3,6,8-9,12-14,20H2,1H3. The van der Waals surface area contributed by atoms with Gasteiger partial charge in [0.2, 0.25) is 5.91 Å². The van der Waals surface area contributed by atoms with Crippen molar-refractivity contribution in [1.82, 2.24) is 14.9 Å². The van der Waals surface area contributed by atoms with E-state index in [1.807, 2.05) is 18.2 Å². The summed E-state index contributed by atoms with van der Waals surface area (Å²) in [5.41, 5.74) is 7.21. The molecule has 1 saturated heterocycles. The smallest absolute Gasteiger partial charge is 0.222 e. The number of likely N-dealkylation sites (N-methyl/N-ethyl adjacent to an activating group) is 1. The van der Waals surface area contributed by atoms with Crippen LogP contribution in [0.5, 0.6) is 0 Å². The number of rotatable bonds is 7. The van der Waals surface area contributed by atoms with E-state index in [1.165, 1.54) is 0 Å². The summed E-state index contributed by atoms with van der Waals surface area (Å²) in [6.45, 7) is 2.13. The average Bonchev–Trinajstić information content (AvgIpc) is 3.03. The second-order valence-electron chi connectivity index (χ2n) is 7.09. The average molecular weight is 357 g/mol. The molecule has 2 aromatic heterocycles. The minimum Gasteiger partial charge on any atom is -0.386 e. The van der Waals surface area contributed by atoms with E-state index in [0.29, 0.717) is 32.5 Å². The number of carbonyl (C=O) groups is 1. The van der Waals surface area contributed by atoms with Crippen molar-refractivity contribution in [1.29, 1.82) is 0 Å². The quantitative estimate of drug-likeness (QED) is 0.722. The topological polar surface area (TPSA) is 95.6 Å². The van der Waals surface area contributed by atoms with Gasteiger partial charge >= 0.3 is 0 Å². The second kappa shape index (κ2) is 7.97. The van der Waals surface area contributed by atoms with Crippen molar-refractivity contribution in [3.05, 3.63) is 30.6 Å². The Hall–Kier alpha value is -2.25. The molecule has 0 aromatic carbocycles. The van der Waals surface area contributed by atoms with Gasteiger partial charge in [-0.25, -0.2) is 0 Å². The van der Waals surface area contributed by atoms with Crippen molar-refractivity contribution < 1.29 is 9.90 Å². The van der Waals surface area contributed by atoms with Crippen molar-refractivity contribution in [3.8, 4) is 0 Å². The SMILES string of the molecule is CN(CC1(O)CCN(c2ccnc3cccnc23)C1)C(=O)CCCCN. The zero-order chi connectivity index (χ0) is 18.6. The monoisotopic (exact) mass is 357 g/mol. The van der Waals surface area contributed by atoms with Crippen LogP contribution in [-0.2, 0) is 4.79 Å². The molecule has 1 atom stereocenters. The maximum atomic E-state index is 12.2. The number of amides is 1. The van der Waals surface area contributed by atoms with Crippen LogP contribution in [0.3, 0.4) is 0 Å². The lowest BCUT2D eigenvalue weighted by molar-refractivity contribution is -0.132. The molecule has 7 heteroatoms. The summed E-state index contributed by atoms with van der Waals surface area (Å²) in [6, 6.07) is 5.73. The van der Waals surface area contributed by atoms with Gasteiger partial charge < -0.3 is 20.6 Å². The van der Waals surface area contributed by atoms with Gasteiger partial charge in [-0.2, -0.15) is 0 Å². The molecular weight excluding hydrogens is 330 g/mol. The summed E-state index contributed by atoms with van der Waals surface area (Å²) >= 11 is 0. The number of pyridine rings is 2. The number of aliphatic hydroxyl groups is 1. The molecule has 7 nitrogen and oxygen atoms in total. The highest BCUT2D eigenvalue weighted by molar-refractivity contribution is 5.87. The Kier molecular flexibility index (Phi) is 5.68. The Bertz CT molecular complexity index is 763. The summed E-state index contributed by atoms with van der Waals surface area (Å²) in [5.74, 6) is 0.0568. The normalized spacial score (nSPS) is 19.9. The molecule has 1 unspecified atom stereocenters. The van der Waals surface area contributed by atoms with Crippen LogP contribution in [0.2, 0.25) is 0 Å². The fourth-order valence-corrected chi connectivity index (χ4v) is 3.55. The van der Waals surface area contributed by atoms with Crippen LogP contribution in [0.1, 0.15) is 25.7 Å². The fraction of sp³-hybridized carbons (Fsp3) is 0.526. The Labute approximate surface area is 153 Å². The number of aromatic nitrogens is 2. The molecule has 0 aliphatic carbocycles. The summed E-state index contributed by atoms with van der Waals surface area (Å²) in [4.78, 5) is 24.8. The van der Waals surface area contributed by atoms with Crippen LogP contribution in [-0.4, -0.2) is 64.7 Å². The highest BCUT2D eigenvalue weighted by Gasteiger charge is 2.38. The molecule has 0 spiro atoms. The molecule has 3 rings (SSSR count). The molecule has 1 amide bonds. The predicted molar refractivity (Wildman–Crippen MR) is 102 cm³/mol. The molecule has 0 bridgehead atoms. The highest BCUT2D eigenvalue weighted by atomic mass is 16.3. The van der Waals surface area contributed by atoms with E-state index in [-0.39, 0.29) is 5.91 Å². The van der Waals surface area contributed by atoms with Crippen LogP contribution in [0.25, 0.3) is 11.0 Å². The third kappa shape index (κ3) is 4.11. The van der Waals surface area contributed by atoms with E-state index < -0.39 is 5.60 Å². The van der Waals surface area contributed by atoms with Crippen LogP contribution in [0.15, 0.2) is 30.6 Å². The molecule has 0 radical (unpaired) electrons. The first-order valence-corrected chi connectivity index (χ1v) is 9.13. The summed E-state index contributed by atoms with van der Waals surface area (Å²) in [7, 11) is 1.76. The Morgan fingerprint density at radius 1 is 1.35 bits per heavy atom. The van der Waals surface area contributed by atoms with Crippen molar-refractivity contribution in [3.63, 3.8) is 0 Å². The first-order valence-electron chi connectivity index (χ1n) is 9.13. The Morgan fingerprint density at radius 2 is 2.19 bits per heavy atom. The molecule has 1 fully saturated rings. The van der Waals surface area contributed by atoms with E-state index in [1.54, 1.807) is 24.3 Å². The van der Waals surface area contributed by atoms with Crippen molar-refractivity contribution in [2.24, 2.45) is 5.73 Å². The van der Waals surface area contributed by atoms with E-state index in [0.717, 1.165) is 36.1 Å². The third-order valence-electron chi connectivity index (χ3n) is 4.95. The molecule has 140 valence electrons. The van der Waals surface area contributed by atoms with Gasteiger partial charge in [0.25, 0.3) is 0 Å². The Morgan fingerprint density at radius 3 is 3.00 bits per heavy atom. The van der Waals surface area contributed by atoms with Gasteiger partial charge in [0.15, 0.2) is 0 Å². The van der Waals surface area contributed by atoms with Crippen LogP contribution >= 0.6 is 0 Å². The van der Waals surface area contributed by atoms with Gasteiger partial charge in [-0.1, -0.05) is 0 Å². The van der Waals surface area contributed by atoms with Gasteiger partial charge in [-0.15, -0.1) is 0 Å². The number of hydrogen-bond donors (Lipinski definition) is 2. The minimum absolute atomic E-state index is 0.0568. The number of unbranched alkanes of at least 4 members (excludes halogenated alkanes) is 1. The lowest BCUT2D eigenvalue weighted by Gasteiger charge is -2.29. The maximum Gasteiger partial charge on any atom is 0.222 e. The number of fused-ring (bicyclic) bond motifs is 1. The highest BCUT2D eigenvalue weighted by Crippen LogP contribution is 2.31. The molecule has 26 heavy (non-hydrogen) atoms. The largest absolute Gasteiger partial charge is 0.386 e. The van der Waals surface area contributed by atoms with Crippen molar-refractivity contribution >= 4 is 22.6 Å². The number of anilines is 1. The molecule has 3 heterocycles. The predicted octanol–water partition coefficient (Wildman–Crippen LogP) is 1.16. The molecule has 3 N–H and O–H groups in total. The lowest BCUT2D eigenvalue weighted by atomic mass is 10.0. The van der Waals surface area contributed by atoms with E-state index in [9.17, 15) is 9.90 Å². The van der Waals surface area contributed by atoms with Crippen molar-refractivity contribution in [2.45, 2.75) is 31.3 Å². The van der Waals surface area contributed by atoms with Gasteiger partial charge in [0, 0.05) is 39.0 Å². The zero-order valence-corrected chi connectivity index (χ0v) is 15.3. The minimum atomic E-state index is -0.914. The number of nitrogens with zero attached hydrogens (tertiary/aromatic N) is 4. The van der Waals surface area contributed by atoms with Crippen LogP contribution in [0.4, 0.5) is 5.69 Å². The first kappa shape index (κ1) is 18.5. The summed E-state index contributed by atoms with van der Waals surface area (Å²) < 4.78 is 0. The molecule has 0 saturated carbocycles. The first-order chi connectivity index (χ1) is 12.5. The summed E-state index contributed by atoms with van der Waals surface area (Å²) in [6.07, 6.45) is 6.25. The van der Waals surface area contributed by atoms with Gasteiger partial charge in [-0.3, -0.25) is 14.8 Å². The maximum absolute atomic E-state index is 12.2. The van der Waals surface area contributed by atoms with Gasteiger partial charge in [0.05, 0.1) is 17.7 Å². The van der Waals surface area contributed by atoms with E-state index in [4.69, 9.17) is 5.73 Å². The number of nitrogens with two attached hydrogens (primary N) is 1. The number of hydrogen-bond acceptors (Lipinski definition) is 6. The summed E-state index contributed by atoms with van der Waals surface area (Å²) in [5, 5.41) is 11.0. The molecular formula is C19H27N5O2. The number of carbonyl (C=O) groups excluding carboxylic acids is 1. The van der Waals surface area contributed by atoms with Crippen LogP contribution in [0, 0.1) is 0 Å². The molecule has 2 aromatic rings. The fourth-order valence-electron chi connectivity index (χ4n) is 3.55. The van der Waals surface area contributed by atoms with Gasteiger partial charge in [-0.05, 0) is 44.0 Å². The second-order valence-corrected chi connectivity index (χ2v) is 7.09. The van der Waals surface area contributed by atoms with Gasteiger partial charge in [0.1, 0.15) is 11.1 Å². The molecule has 1 aliphatic heterocycles. The lowest BCUT2D eigenvalue weighted by Crippen LogP contribution is -2.45. The van der Waals surface area contributed by atoms with Crippen LogP contribution < -0.4 is 10.6 Å². The zero-order valence-electron chi connectivity index (χ0n) is 15.3. The number of β-amino-alcohol motifs (C(OH)–C–C–N with tert-alkyl or cyclic N) is 1.